The van der Waals surface area contributed by atoms with Crippen molar-refractivity contribution in [2.75, 3.05) is 13.2 Å². The van der Waals surface area contributed by atoms with E-state index in [1.165, 1.54) is 23.1 Å². The minimum Gasteiger partial charge on any atom is -0.746 e. The van der Waals surface area contributed by atoms with Crippen molar-refractivity contribution in [1.29, 1.82) is 0 Å². The summed E-state index contributed by atoms with van der Waals surface area (Å²) in [6, 6.07) is 2.53. The molecule has 0 aliphatic carbocycles. The van der Waals surface area contributed by atoms with Crippen molar-refractivity contribution >= 4 is 33.9 Å². The number of hydrogen-bond acceptors (Lipinski definition) is 9. The number of carbonyl (C=O) groups is 4. The maximum atomic E-state index is 13.6. The fraction of sp³-hybridized carbons (Fsp3) is 0.615. The Kier molecular flexibility index (Phi) is 11.0. The number of nitrogens with zero attached hydrogens (tertiary/aromatic N) is 1. The summed E-state index contributed by atoms with van der Waals surface area (Å²) in [6.45, 7) is 3.84. The molecule has 2 aliphatic heterocycles. The quantitative estimate of drug-likeness (QED) is 0.231. The van der Waals surface area contributed by atoms with Crippen molar-refractivity contribution in [3.63, 3.8) is 0 Å². The molecule has 0 spiro atoms. The van der Waals surface area contributed by atoms with Gasteiger partial charge in [0.25, 0.3) is 0 Å². The number of aliphatic hydroxyl groups is 1. The molecule has 5 atom stereocenters. The van der Waals surface area contributed by atoms with Gasteiger partial charge in [0.15, 0.2) is 5.44 Å². The molecule has 0 radical (unpaired) electrons. The number of aliphatic hydroxyl groups excluding tert-OH is 1. The van der Waals surface area contributed by atoms with Gasteiger partial charge in [0.2, 0.25) is 17.7 Å². The molecule has 2 saturated heterocycles. The van der Waals surface area contributed by atoms with Crippen LogP contribution in [0.2, 0.25) is 0 Å². The molecule has 13 nitrogen and oxygen atoms in total. The van der Waals surface area contributed by atoms with Gasteiger partial charge in [-0.1, -0.05) is 26.0 Å². The Morgan fingerprint density at radius 2 is 1.98 bits per heavy atom. The molecule has 2 aliphatic rings. The highest BCUT2D eigenvalue weighted by Gasteiger charge is 2.36. The fourth-order valence-electron chi connectivity index (χ4n) is 4.98. The Morgan fingerprint density at radius 1 is 1.24 bits per heavy atom. The number of carbonyl (C=O) groups excluding carboxylic acids is 4. The van der Waals surface area contributed by atoms with Gasteiger partial charge in [0.1, 0.15) is 28.6 Å². The summed E-state index contributed by atoms with van der Waals surface area (Å²) in [6.07, 6.45) is -0.193. The molecule has 1 unspecified atom stereocenters. The molecular weight excluding hydrogens is 563 g/mol. The first-order chi connectivity index (χ1) is 19.2. The van der Waals surface area contributed by atoms with E-state index >= 15 is 0 Å². The van der Waals surface area contributed by atoms with Gasteiger partial charge in [0, 0.05) is 25.4 Å². The van der Waals surface area contributed by atoms with Crippen molar-refractivity contribution in [1.82, 2.24) is 20.9 Å². The maximum Gasteiger partial charge on any atom is 0.407 e. The normalized spacial score (nSPS) is 21.4. The fourth-order valence-corrected chi connectivity index (χ4v) is 5.56. The van der Waals surface area contributed by atoms with E-state index in [9.17, 15) is 41.6 Å². The second kappa shape index (κ2) is 14.0. The number of alkyl carbamates (subject to hydrolysis) is 1. The number of rotatable bonds is 13. The predicted octanol–water partition coefficient (Wildman–Crippen LogP) is 0.332. The zero-order valence-electron chi connectivity index (χ0n) is 22.9. The first-order valence-corrected chi connectivity index (χ1v) is 14.9. The smallest absolute Gasteiger partial charge is 0.407 e. The third kappa shape index (κ3) is 9.36. The molecule has 0 saturated carbocycles. The third-order valence-electron chi connectivity index (χ3n) is 7.09. The van der Waals surface area contributed by atoms with Crippen LogP contribution >= 0.6 is 0 Å². The van der Waals surface area contributed by atoms with E-state index < -0.39 is 63.3 Å². The van der Waals surface area contributed by atoms with Crippen LogP contribution in [-0.4, -0.2) is 83.5 Å². The Morgan fingerprint density at radius 3 is 2.59 bits per heavy atom. The van der Waals surface area contributed by atoms with Gasteiger partial charge in [-0.2, -0.15) is 0 Å². The highest BCUT2D eigenvalue weighted by Crippen LogP contribution is 2.23. The molecule has 0 bridgehead atoms. The largest absolute Gasteiger partial charge is 0.746 e. The molecule has 0 aromatic heterocycles. The van der Waals surface area contributed by atoms with Gasteiger partial charge < -0.3 is 35.2 Å². The Hall–Kier alpha value is -3.30. The van der Waals surface area contributed by atoms with Crippen LogP contribution in [0.4, 0.5) is 9.18 Å². The van der Waals surface area contributed by atoms with Gasteiger partial charge in [-0.15, -0.1) is 0 Å². The van der Waals surface area contributed by atoms with Crippen LogP contribution < -0.4 is 16.0 Å². The lowest BCUT2D eigenvalue weighted by Gasteiger charge is -2.30. The number of halogens is 1. The first-order valence-electron chi connectivity index (χ1n) is 13.4. The molecule has 3 rings (SSSR count). The predicted molar refractivity (Wildman–Crippen MR) is 141 cm³/mol. The monoisotopic (exact) mass is 599 g/mol. The molecule has 1 aromatic carbocycles. The summed E-state index contributed by atoms with van der Waals surface area (Å²) in [5.74, 6) is -2.71. The van der Waals surface area contributed by atoms with Crippen molar-refractivity contribution < 1.29 is 46.4 Å². The zero-order chi connectivity index (χ0) is 30.3. The molecule has 41 heavy (non-hydrogen) atoms. The Bertz CT molecular complexity index is 1230. The first kappa shape index (κ1) is 32.2. The highest BCUT2D eigenvalue weighted by atomic mass is 32.2. The summed E-state index contributed by atoms with van der Waals surface area (Å²) in [7, 11) is -5.24. The van der Waals surface area contributed by atoms with Crippen LogP contribution in [0, 0.1) is 17.7 Å². The number of amides is 4. The molecule has 4 N–H and O–H groups in total. The maximum absolute atomic E-state index is 13.6. The van der Waals surface area contributed by atoms with Crippen molar-refractivity contribution in [3.8, 4) is 0 Å². The average Bonchev–Trinajstić information content (AvgIpc) is 3.45. The van der Waals surface area contributed by atoms with Crippen molar-refractivity contribution in [3.05, 3.63) is 35.6 Å². The molecule has 15 heteroatoms. The number of benzene rings is 1. The van der Waals surface area contributed by atoms with Crippen LogP contribution in [0.3, 0.4) is 0 Å². The summed E-state index contributed by atoms with van der Waals surface area (Å²) in [5, 5.41) is 17.5. The summed E-state index contributed by atoms with van der Waals surface area (Å²) < 4.78 is 53.5. The van der Waals surface area contributed by atoms with Crippen molar-refractivity contribution in [2.24, 2.45) is 11.8 Å². The van der Waals surface area contributed by atoms with Crippen LogP contribution in [0.25, 0.3) is 0 Å². The number of ether oxygens (including phenoxy) is 1. The van der Waals surface area contributed by atoms with Gasteiger partial charge in [0.05, 0.1) is 12.1 Å². The molecular formula is C26H36FN4O9S-. The lowest BCUT2D eigenvalue weighted by atomic mass is 9.97. The van der Waals surface area contributed by atoms with Gasteiger partial charge in [-0.05, 0) is 49.3 Å². The van der Waals surface area contributed by atoms with Gasteiger partial charge >= 0.3 is 6.09 Å². The summed E-state index contributed by atoms with van der Waals surface area (Å²) >= 11 is 0. The Balaban J connectivity index is 1.63. The van der Waals surface area contributed by atoms with E-state index in [1.54, 1.807) is 19.9 Å². The van der Waals surface area contributed by atoms with Crippen molar-refractivity contribution in [2.45, 2.75) is 76.1 Å². The standard InChI is InChI=1S/C26H37FN4O9S/c1-15(2)10-20(24(34)29-21(25(35)41(37,38)39)12-17-8-9-28-23(17)33)30-26(36)40-14-19-6-7-22(32)31(19)13-16-4-3-5-18(27)11-16/h3-5,11,15,17,19-21,25,35H,6-10,12-14H2,1-2H3,(H,28,33)(H,29,34)(H,30,36)(H,37,38,39)/p-1/t17-,19-,20-,21-,25?/m0/s1. The van der Waals surface area contributed by atoms with Crippen LogP contribution in [0.15, 0.2) is 24.3 Å². The molecule has 2 fully saturated rings. The van der Waals surface area contributed by atoms with E-state index in [1.807, 2.05) is 0 Å². The number of hydrogen-bond donors (Lipinski definition) is 4. The molecule has 4 amide bonds. The van der Waals surface area contributed by atoms with E-state index in [-0.39, 0.29) is 44.2 Å². The zero-order valence-corrected chi connectivity index (χ0v) is 23.7. The Labute approximate surface area is 237 Å². The van der Waals surface area contributed by atoms with E-state index in [4.69, 9.17) is 4.74 Å². The van der Waals surface area contributed by atoms with E-state index in [0.717, 1.165) is 0 Å². The minimum atomic E-state index is -5.24. The number of likely N-dealkylation sites (tertiary alicyclic amines) is 1. The second-order valence-electron chi connectivity index (χ2n) is 10.8. The van der Waals surface area contributed by atoms with Gasteiger partial charge in [-0.25, -0.2) is 17.6 Å². The van der Waals surface area contributed by atoms with E-state index in [0.29, 0.717) is 24.9 Å². The summed E-state index contributed by atoms with van der Waals surface area (Å²) in [5.41, 5.74) is -1.93. The highest BCUT2D eigenvalue weighted by molar-refractivity contribution is 7.86. The minimum absolute atomic E-state index is 0.103. The average molecular weight is 600 g/mol. The van der Waals surface area contributed by atoms with E-state index in [2.05, 4.69) is 16.0 Å². The lowest BCUT2D eigenvalue weighted by molar-refractivity contribution is -0.130. The SMILES string of the molecule is CC(C)C[C@H](NC(=O)OC[C@@H]1CCC(=O)N1Cc1cccc(F)c1)C(=O)N[C@@H](C[C@@H]1CCNC1=O)C(O)S(=O)(=O)[O-]. The number of nitrogens with one attached hydrogen (secondary N) is 3. The van der Waals surface area contributed by atoms with Crippen LogP contribution in [0.1, 0.15) is 51.5 Å². The molecule has 1 aromatic rings. The molecule has 228 valence electrons. The topological polar surface area (TPSA) is 194 Å². The summed E-state index contributed by atoms with van der Waals surface area (Å²) in [4.78, 5) is 51.7. The second-order valence-corrected chi connectivity index (χ2v) is 12.2. The molecule has 2 heterocycles. The van der Waals surface area contributed by atoms with Crippen LogP contribution in [-0.2, 0) is 35.8 Å². The lowest BCUT2D eigenvalue weighted by Crippen LogP contribution is -2.55. The van der Waals surface area contributed by atoms with Crippen LogP contribution in [0.5, 0.6) is 0 Å². The third-order valence-corrected chi connectivity index (χ3v) is 8.01. The van der Waals surface area contributed by atoms with Gasteiger partial charge in [-0.3, -0.25) is 14.4 Å².